The molecule has 7 nitrogen and oxygen atoms in total. The van der Waals surface area contributed by atoms with Crippen molar-refractivity contribution >= 4 is 24.0 Å². The normalized spacial score (nSPS) is 16.7. The summed E-state index contributed by atoms with van der Waals surface area (Å²) < 4.78 is 5.42. The molecule has 1 fully saturated rings. The van der Waals surface area contributed by atoms with E-state index in [4.69, 9.17) is 4.74 Å². The van der Waals surface area contributed by atoms with Gasteiger partial charge in [-0.05, 0) is 26.0 Å². The van der Waals surface area contributed by atoms with E-state index in [1.54, 1.807) is 18.2 Å². The molecular formula is C15H22ClN3O4. The summed E-state index contributed by atoms with van der Waals surface area (Å²) in [6.07, 6.45) is 2.26. The van der Waals surface area contributed by atoms with E-state index < -0.39 is 4.92 Å². The van der Waals surface area contributed by atoms with Gasteiger partial charge in [-0.3, -0.25) is 14.9 Å². The van der Waals surface area contributed by atoms with Gasteiger partial charge in [0.15, 0.2) is 5.75 Å². The van der Waals surface area contributed by atoms with Crippen molar-refractivity contribution in [2.24, 2.45) is 0 Å². The van der Waals surface area contributed by atoms with Crippen LogP contribution in [0.4, 0.5) is 5.69 Å². The lowest BCUT2D eigenvalue weighted by Crippen LogP contribution is -2.41. The smallest absolute Gasteiger partial charge is 0.310 e. The number of hydrogen-bond donors (Lipinski definition) is 1. The Morgan fingerprint density at radius 1 is 1.48 bits per heavy atom. The van der Waals surface area contributed by atoms with Crippen molar-refractivity contribution in [2.75, 3.05) is 26.7 Å². The van der Waals surface area contributed by atoms with Crippen molar-refractivity contribution in [3.8, 4) is 5.75 Å². The monoisotopic (exact) mass is 343 g/mol. The van der Waals surface area contributed by atoms with Gasteiger partial charge in [-0.1, -0.05) is 12.1 Å². The van der Waals surface area contributed by atoms with Crippen LogP contribution in [-0.2, 0) is 4.79 Å². The van der Waals surface area contributed by atoms with Crippen LogP contribution in [-0.4, -0.2) is 48.5 Å². The van der Waals surface area contributed by atoms with Crippen LogP contribution in [0.2, 0.25) is 0 Å². The van der Waals surface area contributed by atoms with E-state index in [2.05, 4.69) is 5.32 Å². The van der Waals surface area contributed by atoms with E-state index in [0.717, 1.165) is 25.9 Å². The predicted octanol–water partition coefficient (Wildman–Crippen LogP) is 2.00. The second-order valence-electron chi connectivity index (χ2n) is 5.26. The third kappa shape index (κ3) is 5.07. The second-order valence-corrected chi connectivity index (χ2v) is 5.26. The molecular weight excluding hydrogens is 322 g/mol. The summed E-state index contributed by atoms with van der Waals surface area (Å²) in [6, 6.07) is 6.43. The molecule has 0 radical (unpaired) electrons. The molecule has 128 valence electrons. The lowest BCUT2D eigenvalue weighted by Gasteiger charge is -2.24. The number of rotatable bonds is 7. The van der Waals surface area contributed by atoms with Gasteiger partial charge in [0, 0.05) is 25.2 Å². The molecule has 23 heavy (non-hydrogen) atoms. The Labute approximate surface area is 141 Å². The first-order chi connectivity index (χ1) is 10.6. The SMILES string of the molecule is CNCC1CCCN1C(=O)CCOc1ccccc1[N+](=O)[O-].Cl. The number of nitrogens with zero attached hydrogens (tertiary/aromatic N) is 2. The number of likely N-dealkylation sites (tertiary alicyclic amines) is 1. The van der Waals surface area contributed by atoms with Crippen molar-refractivity contribution in [2.45, 2.75) is 25.3 Å². The molecule has 0 spiro atoms. The summed E-state index contributed by atoms with van der Waals surface area (Å²) in [6.45, 7) is 1.71. The average Bonchev–Trinajstić information content (AvgIpc) is 2.96. The summed E-state index contributed by atoms with van der Waals surface area (Å²) in [4.78, 5) is 24.5. The van der Waals surface area contributed by atoms with Crippen molar-refractivity contribution in [3.05, 3.63) is 34.4 Å². The van der Waals surface area contributed by atoms with Gasteiger partial charge in [0.1, 0.15) is 0 Å². The van der Waals surface area contributed by atoms with E-state index >= 15 is 0 Å². The maximum Gasteiger partial charge on any atom is 0.310 e. The zero-order chi connectivity index (χ0) is 15.9. The van der Waals surface area contributed by atoms with E-state index in [9.17, 15) is 14.9 Å². The van der Waals surface area contributed by atoms with Crippen LogP contribution in [0.1, 0.15) is 19.3 Å². The molecule has 0 bridgehead atoms. The molecule has 0 aromatic heterocycles. The molecule has 0 aliphatic carbocycles. The zero-order valence-electron chi connectivity index (χ0n) is 13.1. The van der Waals surface area contributed by atoms with Crippen LogP contribution in [0, 0.1) is 10.1 Å². The first-order valence-corrected chi connectivity index (χ1v) is 7.43. The fourth-order valence-corrected chi connectivity index (χ4v) is 2.73. The summed E-state index contributed by atoms with van der Waals surface area (Å²) in [7, 11) is 1.87. The highest BCUT2D eigenvalue weighted by atomic mass is 35.5. The second kappa shape index (κ2) is 9.32. The molecule has 1 aromatic carbocycles. The number of amides is 1. The number of nitro benzene ring substituents is 1. The molecule has 1 unspecified atom stereocenters. The highest BCUT2D eigenvalue weighted by molar-refractivity contribution is 5.85. The molecule has 1 amide bonds. The van der Waals surface area contributed by atoms with Gasteiger partial charge in [0.25, 0.3) is 0 Å². The molecule has 1 aromatic rings. The van der Waals surface area contributed by atoms with E-state index in [-0.39, 0.29) is 48.8 Å². The highest BCUT2D eigenvalue weighted by Gasteiger charge is 2.27. The number of para-hydroxylation sites is 2. The van der Waals surface area contributed by atoms with Crippen LogP contribution in [0.5, 0.6) is 5.75 Å². The van der Waals surface area contributed by atoms with Gasteiger partial charge in [0.2, 0.25) is 5.91 Å². The first-order valence-electron chi connectivity index (χ1n) is 7.43. The minimum Gasteiger partial charge on any atom is -0.486 e. The van der Waals surface area contributed by atoms with E-state index in [1.165, 1.54) is 6.07 Å². The Hall–Kier alpha value is -1.86. The van der Waals surface area contributed by atoms with Crippen molar-refractivity contribution < 1.29 is 14.5 Å². The van der Waals surface area contributed by atoms with Crippen LogP contribution in [0.3, 0.4) is 0 Å². The maximum absolute atomic E-state index is 12.2. The number of nitrogens with one attached hydrogen (secondary N) is 1. The molecule has 2 rings (SSSR count). The molecule has 1 heterocycles. The first kappa shape index (κ1) is 19.2. The standard InChI is InChI=1S/C15H21N3O4.ClH/c1-16-11-12-5-4-9-17(12)15(19)8-10-22-14-7-3-2-6-13(14)18(20)21;/h2-3,6-7,12,16H,4-5,8-11H2,1H3;1H. The van der Waals surface area contributed by atoms with Crippen molar-refractivity contribution in [1.82, 2.24) is 10.2 Å². The van der Waals surface area contributed by atoms with Gasteiger partial charge >= 0.3 is 5.69 Å². The molecule has 1 atom stereocenters. The average molecular weight is 344 g/mol. The Kier molecular flexibility index (Phi) is 7.77. The van der Waals surface area contributed by atoms with Gasteiger partial charge in [-0.25, -0.2) is 0 Å². The summed E-state index contributed by atoms with van der Waals surface area (Å²) in [5.41, 5.74) is -0.0795. The molecule has 1 saturated heterocycles. The van der Waals surface area contributed by atoms with Gasteiger partial charge in [-0.2, -0.15) is 0 Å². The number of hydrogen-bond acceptors (Lipinski definition) is 5. The topological polar surface area (TPSA) is 84.7 Å². The number of carbonyl (C=O) groups is 1. The Bertz CT molecular complexity index is 541. The molecule has 1 N–H and O–H groups in total. The lowest BCUT2D eigenvalue weighted by molar-refractivity contribution is -0.385. The number of ether oxygens (including phenoxy) is 1. The van der Waals surface area contributed by atoms with Gasteiger partial charge in [0.05, 0.1) is 18.0 Å². The molecule has 0 saturated carbocycles. The summed E-state index contributed by atoms with van der Waals surface area (Å²) in [5, 5.41) is 14.0. The van der Waals surface area contributed by atoms with Crippen LogP contribution in [0.15, 0.2) is 24.3 Å². The van der Waals surface area contributed by atoms with Crippen LogP contribution in [0.25, 0.3) is 0 Å². The van der Waals surface area contributed by atoms with E-state index in [0.29, 0.717) is 0 Å². The van der Waals surface area contributed by atoms with Crippen LogP contribution >= 0.6 is 12.4 Å². The summed E-state index contributed by atoms with van der Waals surface area (Å²) in [5.74, 6) is 0.241. The van der Waals surface area contributed by atoms with Gasteiger partial charge < -0.3 is 15.0 Å². The Balaban J connectivity index is 0.00000264. The molecule has 8 heteroatoms. The van der Waals surface area contributed by atoms with Crippen molar-refractivity contribution in [1.29, 1.82) is 0 Å². The molecule has 1 aliphatic heterocycles. The highest BCUT2D eigenvalue weighted by Crippen LogP contribution is 2.26. The minimum atomic E-state index is -0.486. The Morgan fingerprint density at radius 3 is 2.91 bits per heavy atom. The summed E-state index contributed by atoms with van der Waals surface area (Å²) >= 11 is 0. The molecule has 1 aliphatic rings. The van der Waals surface area contributed by atoms with Crippen LogP contribution < -0.4 is 10.1 Å². The Morgan fingerprint density at radius 2 is 2.22 bits per heavy atom. The third-order valence-corrected chi connectivity index (χ3v) is 3.77. The quantitative estimate of drug-likeness (QED) is 0.604. The zero-order valence-corrected chi connectivity index (χ0v) is 13.9. The fraction of sp³-hybridized carbons (Fsp3) is 0.533. The number of carbonyl (C=O) groups excluding carboxylic acids is 1. The number of likely N-dealkylation sites (N-methyl/N-ethyl adjacent to an activating group) is 1. The third-order valence-electron chi connectivity index (χ3n) is 3.77. The maximum atomic E-state index is 12.2. The van der Waals surface area contributed by atoms with Crippen molar-refractivity contribution in [3.63, 3.8) is 0 Å². The number of nitro groups is 1. The lowest BCUT2D eigenvalue weighted by atomic mass is 10.2. The largest absolute Gasteiger partial charge is 0.486 e. The number of benzene rings is 1. The number of halogens is 1. The predicted molar refractivity (Wildman–Crippen MR) is 89.1 cm³/mol. The van der Waals surface area contributed by atoms with Gasteiger partial charge in [-0.15, -0.1) is 12.4 Å². The fourth-order valence-electron chi connectivity index (χ4n) is 2.73. The van der Waals surface area contributed by atoms with E-state index in [1.807, 2.05) is 11.9 Å². The minimum absolute atomic E-state index is 0.